The lowest BCUT2D eigenvalue weighted by atomic mass is 10.1. The molecule has 0 fully saturated rings. The third-order valence-electron chi connectivity index (χ3n) is 2.68. The number of aromatic nitrogens is 1. The minimum Gasteiger partial charge on any atom is -0.266 e. The van der Waals surface area contributed by atoms with Gasteiger partial charge >= 0.3 is 0 Å². The van der Waals surface area contributed by atoms with Crippen molar-refractivity contribution in [1.29, 1.82) is 0 Å². The van der Waals surface area contributed by atoms with E-state index < -0.39 is 0 Å². The number of carbonyl (C=O) groups is 1. The number of hydrogen-bond donors (Lipinski definition) is 1. The van der Waals surface area contributed by atoms with Gasteiger partial charge in [-0.1, -0.05) is 36.7 Å². The van der Waals surface area contributed by atoms with Crippen molar-refractivity contribution in [1.82, 2.24) is 10.4 Å². The Kier molecular flexibility index (Phi) is 4.85. The number of pyridine rings is 1. The van der Waals surface area contributed by atoms with Crippen molar-refractivity contribution < 1.29 is 4.79 Å². The fourth-order valence-corrected chi connectivity index (χ4v) is 1.88. The van der Waals surface area contributed by atoms with Gasteiger partial charge in [0, 0.05) is 11.2 Å². The van der Waals surface area contributed by atoms with Gasteiger partial charge in [-0.05, 0) is 36.2 Å². The minimum absolute atomic E-state index is 0.331. The van der Waals surface area contributed by atoms with Crippen LogP contribution in [0.1, 0.15) is 29.4 Å². The minimum atomic E-state index is -0.335. The Morgan fingerprint density at radius 3 is 2.80 bits per heavy atom. The Hall–Kier alpha value is -2.20. The van der Waals surface area contributed by atoms with Crippen LogP contribution >= 0.6 is 11.6 Å². The highest BCUT2D eigenvalue weighted by Crippen LogP contribution is 2.12. The van der Waals surface area contributed by atoms with Crippen molar-refractivity contribution in [3.05, 3.63) is 64.9 Å². The fraction of sp³-hybridized carbons (Fsp3) is 0.133. The molecule has 1 aromatic carbocycles. The molecule has 0 spiro atoms. The molecule has 1 amide bonds. The molecular weight excluding hydrogens is 274 g/mol. The predicted octanol–water partition coefficient (Wildman–Crippen LogP) is 3.28. The summed E-state index contributed by atoms with van der Waals surface area (Å²) in [4.78, 5) is 15.8. The lowest BCUT2D eigenvalue weighted by Crippen LogP contribution is -2.20. The van der Waals surface area contributed by atoms with E-state index in [0.717, 1.165) is 11.3 Å². The predicted molar refractivity (Wildman–Crippen MR) is 80.0 cm³/mol. The van der Waals surface area contributed by atoms with E-state index in [9.17, 15) is 4.79 Å². The Balaban J connectivity index is 2.14. The highest BCUT2D eigenvalue weighted by molar-refractivity contribution is 6.31. The lowest BCUT2D eigenvalue weighted by Gasteiger charge is -2.05. The molecule has 5 heteroatoms. The van der Waals surface area contributed by atoms with E-state index in [-0.39, 0.29) is 5.91 Å². The van der Waals surface area contributed by atoms with Crippen molar-refractivity contribution in [2.75, 3.05) is 0 Å². The van der Waals surface area contributed by atoms with Crippen LogP contribution in [-0.4, -0.2) is 16.6 Å². The summed E-state index contributed by atoms with van der Waals surface area (Å²) in [6.07, 6.45) is 2.25. The summed E-state index contributed by atoms with van der Waals surface area (Å²) in [5, 5.41) is 4.79. The molecule has 0 saturated heterocycles. The number of amides is 1. The van der Waals surface area contributed by atoms with E-state index >= 15 is 0 Å². The maximum atomic E-state index is 11.9. The van der Waals surface area contributed by atoms with Crippen molar-refractivity contribution >= 4 is 23.2 Å². The van der Waals surface area contributed by atoms with Crippen molar-refractivity contribution in [3.8, 4) is 0 Å². The molecule has 0 aliphatic carbocycles. The molecule has 102 valence electrons. The van der Waals surface area contributed by atoms with Gasteiger partial charge in [-0.3, -0.25) is 9.78 Å². The second-order valence-electron chi connectivity index (χ2n) is 4.08. The number of rotatable bonds is 4. The van der Waals surface area contributed by atoms with Gasteiger partial charge in [0.25, 0.3) is 5.91 Å². The number of benzene rings is 1. The number of halogens is 1. The first kappa shape index (κ1) is 14.2. The average molecular weight is 288 g/mol. The highest BCUT2D eigenvalue weighted by atomic mass is 35.5. The number of hydrazone groups is 1. The Morgan fingerprint density at radius 1 is 1.30 bits per heavy atom. The molecule has 0 saturated carbocycles. The molecule has 1 N–H and O–H groups in total. The SMILES string of the molecule is CC/C(=N/NC(=O)c1ccccn1)c1cccc(Cl)c1. The Labute approximate surface area is 122 Å². The molecule has 0 atom stereocenters. The van der Waals surface area contributed by atoms with Crippen molar-refractivity contribution in [3.63, 3.8) is 0 Å². The summed E-state index contributed by atoms with van der Waals surface area (Å²) in [6.45, 7) is 1.96. The topological polar surface area (TPSA) is 54.4 Å². The quantitative estimate of drug-likeness (QED) is 0.693. The molecule has 1 aromatic heterocycles. The van der Waals surface area contributed by atoms with Crippen LogP contribution in [0.25, 0.3) is 0 Å². The van der Waals surface area contributed by atoms with Crippen LogP contribution in [0, 0.1) is 0 Å². The van der Waals surface area contributed by atoms with E-state index in [1.807, 2.05) is 25.1 Å². The first-order valence-corrected chi connectivity index (χ1v) is 6.62. The summed E-state index contributed by atoms with van der Waals surface area (Å²) in [7, 11) is 0. The zero-order valence-electron chi connectivity index (χ0n) is 11.0. The number of nitrogens with zero attached hydrogens (tertiary/aromatic N) is 2. The summed E-state index contributed by atoms with van der Waals surface area (Å²) in [5.74, 6) is -0.335. The molecule has 1 heterocycles. The number of carbonyl (C=O) groups excluding carboxylic acids is 1. The number of hydrogen-bond acceptors (Lipinski definition) is 3. The van der Waals surface area contributed by atoms with Crippen LogP contribution in [0.4, 0.5) is 0 Å². The number of nitrogens with one attached hydrogen (secondary N) is 1. The standard InChI is InChI=1S/C15H14ClN3O/c1-2-13(11-6-5-7-12(16)10-11)18-19-15(20)14-8-3-4-9-17-14/h3-10H,2H2,1H3,(H,19,20)/b18-13-. The molecule has 20 heavy (non-hydrogen) atoms. The summed E-state index contributed by atoms with van der Waals surface area (Å²) in [5.41, 5.74) is 4.49. The molecule has 2 aromatic rings. The Bertz CT molecular complexity index is 626. The fourth-order valence-electron chi connectivity index (χ4n) is 1.69. The van der Waals surface area contributed by atoms with Gasteiger partial charge in [0.2, 0.25) is 0 Å². The third kappa shape index (κ3) is 3.65. The van der Waals surface area contributed by atoms with Gasteiger partial charge in [0.1, 0.15) is 5.69 Å². The van der Waals surface area contributed by atoms with Crippen LogP contribution in [-0.2, 0) is 0 Å². The molecule has 0 aliphatic heterocycles. The van der Waals surface area contributed by atoms with Crippen molar-refractivity contribution in [2.24, 2.45) is 5.10 Å². The first-order chi connectivity index (χ1) is 9.70. The first-order valence-electron chi connectivity index (χ1n) is 6.24. The van der Waals surface area contributed by atoms with E-state index in [2.05, 4.69) is 15.5 Å². The molecule has 0 bridgehead atoms. The maximum absolute atomic E-state index is 11.9. The van der Waals surface area contributed by atoms with Crippen LogP contribution in [0.15, 0.2) is 53.8 Å². The molecule has 2 rings (SSSR count). The lowest BCUT2D eigenvalue weighted by molar-refractivity contribution is 0.0950. The summed E-state index contributed by atoms with van der Waals surface area (Å²) < 4.78 is 0. The van der Waals surface area contributed by atoms with Gasteiger partial charge in [0.15, 0.2) is 0 Å². The smallest absolute Gasteiger partial charge is 0.266 e. The van der Waals surface area contributed by atoms with Crippen LogP contribution < -0.4 is 5.43 Å². The molecular formula is C15H14ClN3O. The summed E-state index contributed by atoms with van der Waals surface area (Å²) in [6, 6.07) is 12.5. The third-order valence-corrected chi connectivity index (χ3v) is 2.92. The van der Waals surface area contributed by atoms with Crippen LogP contribution in [0.5, 0.6) is 0 Å². The van der Waals surface area contributed by atoms with Gasteiger partial charge in [0.05, 0.1) is 5.71 Å². The van der Waals surface area contributed by atoms with Gasteiger partial charge < -0.3 is 0 Å². The largest absolute Gasteiger partial charge is 0.289 e. The van der Waals surface area contributed by atoms with E-state index in [1.165, 1.54) is 0 Å². The molecule has 0 aliphatic rings. The normalized spacial score (nSPS) is 11.2. The molecule has 4 nitrogen and oxygen atoms in total. The van der Waals surface area contributed by atoms with Gasteiger partial charge in [-0.15, -0.1) is 0 Å². The zero-order chi connectivity index (χ0) is 14.4. The van der Waals surface area contributed by atoms with E-state index in [0.29, 0.717) is 17.1 Å². The Morgan fingerprint density at radius 2 is 2.15 bits per heavy atom. The maximum Gasteiger partial charge on any atom is 0.289 e. The van der Waals surface area contributed by atoms with Gasteiger partial charge in [-0.25, -0.2) is 5.43 Å². The average Bonchev–Trinajstić information content (AvgIpc) is 2.48. The summed E-state index contributed by atoms with van der Waals surface area (Å²) >= 11 is 5.95. The van der Waals surface area contributed by atoms with E-state index in [4.69, 9.17) is 11.6 Å². The van der Waals surface area contributed by atoms with Crippen LogP contribution in [0.2, 0.25) is 5.02 Å². The monoisotopic (exact) mass is 287 g/mol. The highest BCUT2D eigenvalue weighted by Gasteiger charge is 2.06. The van der Waals surface area contributed by atoms with E-state index in [1.54, 1.807) is 30.5 Å². The molecule has 0 radical (unpaired) electrons. The zero-order valence-corrected chi connectivity index (χ0v) is 11.8. The second kappa shape index (κ2) is 6.82. The molecule has 0 unspecified atom stereocenters. The second-order valence-corrected chi connectivity index (χ2v) is 4.51. The van der Waals surface area contributed by atoms with Gasteiger partial charge in [-0.2, -0.15) is 5.10 Å². The van der Waals surface area contributed by atoms with Crippen molar-refractivity contribution in [2.45, 2.75) is 13.3 Å². The van der Waals surface area contributed by atoms with Crippen LogP contribution in [0.3, 0.4) is 0 Å².